The molecule has 0 spiro atoms. The van der Waals surface area contributed by atoms with Gasteiger partial charge in [0.05, 0.1) is 0 Å². The van der Waals surface area contributed by atoms with E-state index in [-0.39, 0.29) is 46.9 Å². The zero-order valence-corrected chi connectivity index (χ0v) is 9.78. The summed E-state index contributed by atoms with van der Waals surface area (Å²) in [5.74, 6) is 0. The summed E-state index contributed by atoms with van der Waals surface area (Å²) in [4.78, 5) is 0. The molecule has 0 aromatic carbocycles. The average molecular weight is 453 g/mol. The summed E-state index contributed by atoms with van der Waals surface area (Å²) in [6, 6.07) is 0. The van der Waals surface area contributed by atoms with Crippen LogP contribution in [0.15, 0.2) is 0 Å². The molecule has 0 amide bonds. The van der Waals surface area contributed by atoms with Crippen LogP contribution in [0.4, 0.5) is 26.3 Å². The van der Waals surface area contributed by atoms with Crippen molar-refractivity contribution >= 4 is 20.0 Å². The number of hydrogen-bond donors (Lipinski definition) is 0. The van der Waals surface area contributed by atoms with Crippen LogP contribution in [0.5, 0.6) is 0 Å². The van der Waals surface area contributed by atoms with Crippen molar-refractivity contribution in [2.75, 3.05) is 0 Å². The molecule has 0 atom stereocenters. The van der Waals surface area contributed by atoms with E-state index in [9.17, 15) is 43.2 Å². The molecule has 0 radical (unpaired) electrons. The molecule has 14 heteroatoms. The fourth-order valence-corrected chi connectivity index (χ4v) is 1.92. The number of alkyl halides is 6. The van der Waals surface area contributed by atoms with Crippen LogP contribution >= 0.6 is 0 Å². The first-order valence-corrected chi connectivity index (χ1v) is 5.45. The predicted molar refractivity (Wildman–Crippen MR) is 33.3 cm³/mol. The van der Waals surface area contributed by atoms with Gasteiger partial charge in [-0.3, -0.25) is 0 Å². The van der Waals surface area contributed by atoms with Crippen LogP contribution in [-0.4, -0.2) is 27.9 Å². The van der Waals surface area contributed by atoms with Crippen molar-refractivity contribution in [3.63, 3.8) is 0 Å². The zero-order chi connectivity index (χ0) is 12.7. The minimum absolute atomic E-state index is 0. The Morgan fingerprint density at radius 3 is 1.00 bits per heavy atom. The molecule has 0 bridgehead atoms. The zero-order valence-electron chi connectivity index (χ0n) is 6.43. The molecule has 16 heavy (non-hydrogen) atoms. The smallest absolute Gasteiger partial charge is 0.421 e. The van der Waals surface area contributed by atoms with Gasteiger partial charge in [-0.05, 0) is 0 Å². The molecule has 0 fully saturated rings. The molecule has 0 N–H and O–H groups in total. The van der Waals surface area contributed by atoms with E-state index in [1.54, 1.807) is 0 Å². The average Bonchev–Trinajstić information content (AvgIpc) is 1.77. The number of rotatable bonds is 2. The molecule has 0 rings (SSSR count). The first-order chi connectivity index (χ1) is 6.21. The van der Waals surface area contributed by atoms with Gasteiger partial charge in [0.1, 0.15) is 0 Å². The minimum atomic E-state index is -6.72. The Bertz CT molecular complexity index is 390. The Labute approximate surface area is 124 Å². The molecule has 0 aliphatic rings. The van der Waals surface area contributed by atoms with Gasteiger partial charge >= 0.3 is 11.0 Å². The van der Waals surface area contributed by atoms with Gasteiger partial charge in [-0.1, -0.05) is 0 Å². The van der Waals surface area contributed by atoms with Crippen molar-refractivity contribution in [3.8, 4) is 0 Å². The van der Waals surface area contributed by atoms with E-state index in [4.69, 9.17) is 0 Å². The van der Waals surface area contributed by atoms with E-state index in [2.05, 4.69) is 0 Å². The molecule has 0 aromatic heterocycles. The van der Waals surface area contributed by atoms with Gasteiger partial charge in [-0.25, -0.2) is 16.8 Å². The fourth-order valence-electron chi connectivity index (χ4n) is 0.214. The van der Waals surface area contributed by atoms with Gasteiger partial charge in [0, 0.05) is 46.9 Å². The topological polar surface area (TPSA) is 82.4 Å². The van der Waals surface area contributed by atoms with Crippen molar-refractivity contribution in [2.24, 2.45) is 0 Å². The monoisotopic (exact) mass is 454 g/mol. The van der Waals surface area contributed by atoms with Crippen LogP contribution in [0.2, 0.25) is 0 Å². The van der Waals surface area contributed by atoms with E-state index in [0.29, 0.717) is 0 Å². The summed E-state index contributed by atoms with van der Waals surface area (Å²) in [6.45, 7) is 0. The molecule has 0 heterocycles. The van der Waals surface area contributed by atoms with Crippen LogP contribution in [0.1, 0.15) is 0 Å². The standard InChI is InChI=1S/C2F6NO4S2.Yb/c3-1(4,5)14(10,11)9-15(12,13)2(6,7)8;/q-1;. The summed E-state index contributed by atoms with van der Waals surface area (Å²) < 4.78 is 109. The maximum Gasteiger partial charge on any atom is 0.480 e. The second-order valence-corrected chi connectivity index (χ2v) is 5.34. The Balaban J connectivity index is 0. The summed E-state index contributed by atoms with van der Waals surface area (Å²) in [5, 5.41) is 0. The maximum atomic E-state index is 11.4. The van der Waals surface area contributed by atoms with E-state index in [0.717, 1.165) is 4.13 Å². The number of sulfonamides is 2. The van der Waals surface area contributed by atoms with Crippen LogP contribution in [0.3, 0.4) is 0 Å². The predicted octanol–water partition coefficient (Wildman–Crippen LogP) is 1.06. The third-order valence-corrected chi connectivity index (χ3v) is 3.52. The second-order valence-electron chi connectivity index (χ2n) is 1.92. The van der Waals surface area contributed by atoms with Gasteiger partial charge in [0.2, 0.25) is 0 Å². The van der Waals surface area contributed by atoms with Crippen LogP contribution < -0.4 is 0 Å². The SMILES string of the molecule is O=S(=O)([N-]S(=O)(=O)C(F)(F)F)C(F)(F)F.[Yb]. The third kappa shape index (κ3) is 4.68. The van der Waals surface area contributed by atoms with Crippen molar-refractivity contribution < 1.29 is 90.1 Å². The molecular formula is C2F6NO4S2Yb-. The van der Waals surface area contributed by atoms with E-state index < -0.39 is 31.1 Å². The molecule has 0 saturated heterocycles. The molecule has 106 valence electrons. The third-order valence-electron chi connectivity index (χ3n) is 0.781. The van der Waals surface area contributed by atoms with Crippen LogP contribution in [0, 0.1) is 46.9 Å². The van der Waals surface area contributed by atoms with Crippen LogP contribution in [-0.2, 0) is 20.0 Å². The van der Waals surface area contributed by atoms with Crippen molar-refractivity contribution in [3.05, 3.63) is 4.13 Å². The van der Waals surface area contributed by atoms with Gasteiger partial charge in [0.25, 0.3) is 0 Å². The Morgan fingerprint density at radius 1 is 0.688 bits per heavy atom. The molecule has 0 aliphatic heterocycles. The van der Waals surface area contributed by atoms with Gasteiger partial charge < -0.3 is 4.13 Å². The molecule has 0 aliphatic carbocycles. The van der Waals surface area contributed by atoms with Crippen LogP contribution in [0.25, 0.3) is 4.13 Å². The Morgan fingerprint density at radius 2 is 0.875 bits per heavy atom. The fraction of sp³-hybridized carbons (Fsp3) is 1.00. The summed E-state index contributed by atoms with van der Waals surface area (Å²) in [6.07, 6.45) is 0. The van der Waals surface area contributed by atoms with Gasteiger partial charge in [-0.15, -0.1) is 0 Å². The van der Waals surface area contributed by atoms with Gasteiger partial charge in [-0.2, -0.15) is 26.3 Å². The molecule has 0 unspecified atom stereocenters. The largest absolute Gasteiger partial charge is 0.480 e. The molecule has 0 saturated carbocycles. The van der Waals surface area contributed by atoms with E-state index >= 15 is 0 Å². The normalized spacial score (nSPS) is 14.4. The maximum absolute atomic E-state index is 11.4. The first kappa shape index (κ1) is 19.3. The second kappa shape index (κ2) is 5.30. The number of hydrogen-bond acceptors (Lipinski definition) is 4. The quantitative estimate of drug-likeness (QED) is 0.586. The number of halogens is 6. The molecular weight excluding hydrogens is 453 g/mol. The molecule has 0 aromatic rings. The minimum Gasteiger partial charge on any atom is -0.421 e. The van der Waals surface area contributed by atoms with E-state index in [1.165, 1.54) is 0 Å². The molecule has 5 nitrogen and oxygen atoms in total. The van der Waals surface area contributed by atoms with Crippen molar-refractivity contribution in [1.29, 1.82) is 0 Å². The Hall–Kier alpha value is 0.959. The number of nitrogens with zero attached hydrogens (tertiary/aromatic N) is 1. The van der Waals surface area contributed by atoms with Gasteiger partial charge in [0.15, 0.2) is 20.0 Å². The summed E-state index contributed by atoms with van der Waals surface area (Å²) in [7, 11) is -13.4. The first-order valence-electron chi connectivity index (χ1n) is 2.57. The van der Waals surface area contributed by atoms with E-state index in [1.807, 2.05) is 0 Å². The summed E-state index contributed by atoms with van der Waals surface area (Å²) in [5.41, 5.74) is -12.4. The Kier molecular flexibility index (Phi) is 6.39. The van der Waals surface area contributed by atoms with Crippen molar-refractivity contribution in [1.82, 2.24) is 0 Å². The summed E-state index contributed by atoms with van der Waals surface area (Å²) >= 11 is 0. The van der Waals surface area contributed by atoms with Crippen molar-refractivity contribution in [2.45, 2.75) is 11.0 Å².